The highest BCUT2D eigenvalue weighted by Gasteiger charge is 2.38. The Kier molecular flexibility index (Phi) is 4.45. The molecule has 0 bridgehead atoms. The number of nitrogens with zero attached hydrogens (tertiary/aromatic N) is 1. The molecule has 0 spiro atoms. The van der Waals surface area contributed by atoms with Crippen molar-refractivity contribution in [2.45, 2.75) is 31.2 Å². The van der Waals surface area contributed by atoms with Crippen LogP contribution in [-0.4, -0.2) is 23.5 Å². The van der Waals surface area contributed by atoms with Gasteiger partial charge in [0, 0.05) is 28.8 Å². The van der Waals surface area contributed by atoms with Crippen molar-refractivity contribution in [3.05, 3.63) is 72.2 Å². The van der Waals surface area contributed by atoms with Gasteiger partial charge in [-0.1, -0.05) is 12.1 Å². The summed E-state index contributed by atoms with van der Waals surface area (Å²) in [5.41, 5.74) is 3.67. The number of hydrogen-bond donors (Lipinski definition) is 2. The van der Waals surface area contributed by atoms with Gasteiger partial charge in [0.1, 0.15) is 0 Å². The maximum absolute atomic E-state index is 12.5. The minimum absolute atomic E-state index is 0.0989. The zero-order valence-electron chi connectivity index (χ0n) is 15.6. The van der Waals surface area contributed by atoms with Crippen LogP contribution in [0.1, 0.15) is 41.1 Å². The topological polar surface area (TPSA) is 67.2 Å². The molecule has 2 saturated carbocycles. The van der Waals surface area contributed by atoms with E-state index < -0.39 is 0 Å². The number of carbonyl (C=O) groups is 1. The number of hydrogen-bond acceptors (Lipinski definition) is 4. The molecule has 1 aromatic heterocycles. The standard InChI is InChI=1S/C23H23N3O2/c27-23(26-19-9-7-17(8-10-19)22-13-24-14-28-22)18-5-3-16(4-6-18)20-11-21(20)25-12-15-1-2-15/h3-10,13-15,20-21,25H,1-2,11-12H2,(H,26,27)/t20-,21+/m0/s1. The molecular weight excluding hydrogens is 350 g/mol. The molecular formula is C23H23N3O2. The molecule has 28 heavy (non-hydrogen) atoms. The van der Waals surface area contributed by atoms with Crippen molar-refractivity contribution in [1.82, 2.24) is 10.3 Å². The number of rotatable bonds is 7. The summed E-state index contributed by atoms with van der Waals surface area (Å²) in [6.07, 6.45) is 7.05. The van der Waals surface area contributed by atoms with Crippen molar-refractivity contribution in [3.8, 4) is 11.3 Å². The first-order valence-corrected chi connectivity index (χ1v) is 9.90. The molecule has 1 heterocycles. The third-order valence-electron chi connectivity index (χ3n) is 5.62. The van der Waals surface area contributed by atoms with Crippen LogP contribution in [0.2, 0.25) is 0 Å². The van der Waals surface area contributed by atoms with Crippen molar-refractivity contribution >= 4 is 11.6 Å². The maximum Gasteiger partial charge on any atom is 0.255 e. The van der Waals surface area contributed by atoms with Gasteiger partial charge >= 0.3 is 0 Å². The number of oxazole rings is 1. The average molecular weight is 373 g/mol. The molecule has 2 fully saturated rings. The summed E-state index contributed by atoms with van der Waals surface area (Å²) < 4.78 is 5.28. The van der Waals surface area contributed by atoms with Gasteiger partial charge in [0.2, 0.25) is 0 Å². The molecule has 0 radical (unpaired) electrons. The third kappa shape index (κ3) is 3.85. The fourth-order valence-electron chi connectivity index (χ4n) is 3.59. The van der Waals surface area contributed by atoms with Crippen molar-refractivity contribution in [2.75, 3.05) is 11.9 Å². The number of aromatic nitrogens is 1. The van der Waals surface area contributed by atoms with Gasteiger partial charge in [0.15, 0.2) is 12.2 Å². The summed E-state index contributed by atoms with van der Waals surface area (Å²) in [6.45, 7) is 1.16. The van der Waals surface area contributed by atoms with Crippen molar-refractivity contribution in [1.29, 1.82) is 0 Å². The van der Waals surface area contributed by atoms with Gasteiger partial charge in [-0.15, -0.1) is 0 Å². The Morgan fingerprint density at radius 3 is 2.54 bits per heavy atom. The Labute approximate surface area is 164 Å². The van der Waals surface area contributed by atoms with Gasteiger partial charge < -0.3 is 15.1 Å². The molecule has 1 amide bonds. The third-order valence-corrected chi connectivity index (χ3v) is 5.62. The van der Waals surface area contributed by atoms with Crippen LogP contribution in [0.5, 0.6) is 0 Å². The lowest BCUT2D eigenvalue weighted by Gasteiger charge is -2.07. The monoisotopic (exact) mass is 373 g/mol. The second-order valence-corrected chi connectivity index (χ2v) is 7.82. The fraction of sp³-hybridized carbons (Fsp3) is 0.304. The predicted molar refractivity (Wildman–Crippen MR) is 108 cm³/mol. The van der Waals surface area contributed by atoms with E-state index in [9.17, 15) is 4.79 Å². The molecule has 0 unspecified atom stereocenters. The van der Waals surface area contributed by atoms with Gasteiger partial charge in [-0.25, -0.2) is 4.98 Å². The van der Waals surface area contributed by atoms with Crippen LogP contribution >= 0.6 is 0 Å². The first-order chi connectivity index (χ1) is 13.8. The molecule has 2 aliphatic rings. The Hall–Kier alpha value is -2.92. The molecule has 0 saturated heterocycles. The molecule has 5 heteroatoms. The molecule has 2 aromatic carbocycles. The second kappa shape index (κ2) is 7.24. The summed E-state index contributed by atoms with van der Waals surface area (Å²) in [7, 11) is 0. The van der Waals surface area contributed by atoms with E-state index in [1.165, 1.54) is 31.2 Å². The highest BCUT2D eigenvalue weighted by atomic mass is 16.3. The van der Waals surface area contributed by atoms with Gasteiger partial charge in [-0.3, -0.25) is 4.79 Å². The Bertz CT molecular complexity index is 945. The van der Waals surface area contributed by atoms with E-state index in [1.807, 2.05) is 36.4 Å². The molecule has 0 aliphatic heterocycles. The molecule has 2 N–H and O–H groups in total. The highest BCUT2D eigenvalue weighted by molar-refractivity contribution is 6.04. The van der Waals surface area contributed by atoms with Crippen LogP contribution in [-0.2, 0) is 0 Å². The Morgan fingerprint density at radius 2 is 1.86 bits per heavy atom. The summed E-state index contributed by atoms with van der Waals surface area (Å²) in [5, 5.41) is 6.61. The lowest BCUT2D eigenvalue weighted by Crippen LogP contribution is -2.20. The van der Waals surface area contributed by atoms with Crippen LogP contribution in [0.4, 0.5) is 5.69 Å². The summed E-state index contributed by atoms with van der Waals surface area (Å²) in [6, 6.07) is 16.2. The number of benzene rings is 2. The molecule has 2 atom stereocenters. The van der Waals surface area contributed by atoms with E-state index >= 15 is 0 Å². The summed E-state index contributed by atoms with van der Waals surface area (Å²) in [4.78, 5) is 16.4. The largest absolute Gasteiger partial charge is 0.444 e. The minimum atomic E-state index is -0.0989. The number of amides is 1. The van der Waals surface area contributed by atoms with Crippen LogP contribution in [0.25, 0.3) is 11.3 Å². The van der Waals surface area contributed by atoms with Crippen LogP contribution in [0, 0.1) is 5.92 Å². The second-order valence-electron chi connectivity index (χ2n) is 7.82. The SMILES string of the molecule is O=C(Nc1ccc(-c2cnco2)cc1)c1ccc([C@@H]2C[C@H]2NCC2CC2)cc1. The normalized spacial score (nSPS) is 20.7. The predicted octanol–water partition coefficient (Wildman–Crippen LogP) is 4.45. The number of carbonyl (C=O) groups excluding carboxylic acids is 1. The first-order valence-electron chi connectivity index (χ1n) is 9.90. The fourth-order valence-corrected chi connectivity index (χ4v) is 3.59. The molecule has 3 aromatic rings. The molecule has 142 valence electrons. The van der Waals surface area contributed by atoms with E-state index in [2.05, 4.69) is 27.8 Å². The van der Waals surface area contributed by atoms with E-state index in [0.717, 1.165) is 23.7 Å². The zero-order valence-corrected chi connectivity index (χ0v) is 15.6. The smallest absolute Gasteiger partial charge is 0.255 e. The zero-order chi connectivity index (χ0) is 18.9. The van der Waals surface area contributed by atoms with E-state index in [0.29, 0.717) is 23.3 Å². The summed E-state index contributed by atoms with van der Waals surface area (Å²) in [5.74, 6) is 2.12. The maximum atomic E-state index is 12.5. The van der Waals surface area contributed by atoms with Crippen molar-refractivity contribution < 1.29 is 9.21 Å². The van der Waals surface area contributed by atoms with Crippen LogP contribution < -0.4 is 10.6 Å². The number of anilines is 1. The van der Waals surface area contributed by atoms with E-state index in [-0.39, 0.29) is 5.91 Å². The Balaban J connectivity index is 1.17. The minimum Gasteiger partial charge on any atom is -0.444 e. The molecule has 5 rings (SSSR count). The Morgan fingerprint density at radius 1 is 1.07 bits per heavy atom. The molecule has 5 nitrogen and oxygen atoms in total. The van der Waals surface area contributed by atoms with Gasteiger partial charge in [-0.2, -0.15) is 0 Å². The van der Waals surface area contributed by atoms with Crippen molar-refractivity contribution in [3.63, 3.8) is 0 Å². The van der Waals surface area contributed by atoms with Gasteiger partial charge in [-0.05, 0) is 73.7 Å². The summed E-state index contributed by atoms with van der Waals surface area (Å²) >= 11 is 0. The number of nitrogens with one attached hydrogen (secondary N) is 2. The lowest BCUT2D eigenvalue weighted by atomic mass is 10.1. The van der Waals surface area contributed by atoms with Gasteiger partial charge in [0.05, 0.1) is 6.20 Å². The van der Waals surface area contributed by atoms with E-state index in [4.69, 9.17) is 4.42 Å². The van der Waals surface area contributed by atoms with E-state index in [1.54, 1.807) is 6.20 Å². The highest BCUT2D eigenvalue weighted by Crippen LogP contribution is 2.41. The first kappa shape index (κ1) is 17.2. The van der Waals surface area contributed by atoms with Gasteiger partial charge in [0.25, 0.3) is 5.91 Å². The molecule has 2 aliphatic carbocycles. The quantitative estimate of drug-likeness (QED) is 0.642. The average Bonchev–Trinajstić information content (AvgIpc) is 3.64. The van der Waals surface area contributed by atoms with Crippen LogP contribution in [0.3, 0.4) is 0 Å². The van der Waals surface area contributed by atoms with Crippen molar-refractivity contribution in [2.24, 2.45) is 5.92 Å². The van der Waals surface area contributed by atoms with Crippen LogP contribution in [0.15, 0.2) is 65.5 Å². The lowest BCUT2D eigenvalue weighted by molar-refractivity contribution is 0.102.